The minimum absolute atomic E-state index is 0.596. The molecule has 0 aliphatic carbocycles. The molecule has 0 bridgehead atoms. The van der Waals surface area contributed by atoms with Gasteiger partial charge in [-0.3, -0.25) is 0 Å². The van der Waals surface area contributed by atoms with E-state index < -0.39 is 0 Å². The van der Waals surface area contributed by atoms with Crippen LogP contribution in [0, 0.1) is 0 Å². The number of hydrogen-bond donors (Lipinski definition) is 1. The summed E-state index contributed by atoms with van der Waals surface area (Å²) in [7, 11) is 0. The zero-order valence-electron chi connectivity index (χ0n) is 9.18. The summed E-state index contributed by atoms with van der Waals surface area (Å²) in [6.45, 7) is 0. The quantitative estimate of drug-likeness (QED) is 0.498. The Morgan fingerprint density at radius 2 is 1.65 bits per heavy atom. The van der Waals surface area contributed by atoms with Gasteiger partial charge < -0.3 is 5.21 Å². The third-order valence-corrected chi connectivity index (χ3v) is 2.76. The number of benzene rings is 2. The molecule has 0 unspecified atom stereocenters. The summed E-state index contributed by atoms with van der Waals surface area (Å²) in [6, 6.07) is 17.2. The highest BCUT2D eigenvalue weighted by Crippen LogP contribution is 2.13. The lowest BCUT2D eigenvalue weighted by molar-refractivity contribution is 0.318. The van der Waals surface area contributed by atoms with E-state index in [2.05, 4.69) is 5.16 Å². The maximum atomic E-state index is 9.07. The van der Waals surface area contributed by atoms with Crippen LogP contribution in [0.5, 0.6) is 0 Å². The van der Waals surface area contributed by atoms with Gasteiger partial charge >= 0.3 is 0 Å². The second kappa shape index (κ2) is 5.51. The highest BCUT2D eigenvalue weighted by molar-refractivity contribution is 6.30. The van der Waals surface area contributed by atoms with E-state index in [9.17, 15) is 0 Å². The Balaban J connectivity index is 2.21. The van der Waals surface area contributed by atoms with E-state index >= 15 is 0 Å². The molecule has 0 radical (unpaired) electrons. The van der Waals surface area contributed by atoms with Crippen LogP contribution in [0.3, 0.4) is 0 Å². The zero-order valence-corrected chi connectivity index (χ0v) is 9.93. The lowest BCUT2D eigenvalue weighted by atomic mass is 10.0. The van der Waals surface area contributed by atoms with Crippen LogP contribution in [-0.4, -0.2) is 10.9 Å². The molecule has 1 N–H and O–H groups in total. The van der Waals surface area contributed by atoms with Crippen LogP contribution in [0.15, 0.2) is 59.8 Å². The van der Waals surface area contributed by atoms with E-state index in [0.717, 1.165) is 11.1 Å². The van der Waals surface area contributed by atoms with Gasteiger partial charge in [0.15, 0.2) is 0 Å². The molecule has 2 aromatic rings. The average molecular weight is 246 g/mol. The molecule has 0 fully saturated rings. The summed E-state index contributed by atoms with van der Waals surface area (Å²) in [4.78, 5) is 0. The van der Waals surface area contributed by atoms with Gasteiger partial charge in [0.25, 0.3) is 0 Å². The second-order valence-electron chi connectivity index (χ2n) is 3.72. The summed E-state index contributed by atoms with van der Waals surface area (Å²) >= 11 is 5.82. The number of nitrogens with zero attached hydrogens (tertiary/aromatic N) is 1. The van der Waals surface area contributed by atoms with E-state index in [1.807, 2.05) is 42.5 Å². The minimum atomic E-state index is 0.596. The van der Waals surface area contributed by atoms with Crippen LogP contribution in [0.1, 0.15) is 11.1 Å². The fourth-order valence-electron chi connectivity index (χ4n) is 1.63. The van der Waals surface area contributed by atoms with Gasteiger partial charge in [0.1, 0.15) is 0 Å². The van der Waals surface area contributed by atoms with E-state index in [0.29, 0.717) is 17.2 Å². The van der Waals surface area contributed by atoms with Crippen LogP contribution < -0.4 is 0 Å². The van der Waals surface area contributed by atoms with Crippen LogP contribution in [0.25, 0.3) is 0 Å². The molecule has 2 rings (SSSR count). The van der Waals surface area contributed by atoms with Crippen LogP contribution in [-0.2, 0) is 6.42 Å². The number of hydrogen-bond acceptors (Lipinski definition) is 2. The zero-order chi connectivity index (χ0) is 12.1. The minimum Gasteiger partial charge on any atom is -0.411 e. The first kappa shape index (κ1) is 11.7. The van der Waals surface area contributed by atoms with Crippen LogP contribution >= 0.6 is 11.6 Å². The van der Waals surface area contributed by atoms with Gasteiger partial charge in [-0.25, -0.2) is 0 Å². The van der Waals surface area contributed by atoms with Crippen LogP contribution in [0.4, 0.5) is 0 Å². The lowest BCUT2D eigenvalue weighted by Gasteiger charge is -2.05. The molecule has 2 aromatic carbocycles. The maximum absolute atomic E-state index is 9.07. The first-order valence-corrected chi connectivity index (χ1v) is 5.68. The van der Waals surface area contributed by atoms with Gasteiger partial charge in [-0.05, 0) is 23.3 Å². The monoisotopic (exact) mass is 245 g/mol. The summed E-state index contributed by atoms with van der Waals surface area (Å²) in [5.74, 6) is 0. The van der Waals surface area contributed by atoms with Gasteiger partial charge in [0.05, 0.1) is 5.71 Å². The molecule has 2 nitrogen and oxygen atoms in total. The second-order valence-corrected chi connectivity index (χ2v) is 4.15. The topological polar surface area (TPSA) is 32.6 Å². The highest BCUT2D eigenvalue weighted by atomic mass is 35.5. The normalized spacial score (nSPS) is 11.5. The molecule has 0 aliphatic rings. The molecular weight excluding hydrogens is 234 g/mol. The number of halogens is 1. The smallest absolute Gasteiger partial charge is 0.0911 e. The molecule has 0 aliphatic heterocycles. The summed E-state index contributed by atoms with van der Waals surface area (Å²) in [5.41, 5.74) is 2.61. The first-order chi connectivity index (χ1) is 8.29. The molecule has 0 saturated heterocycles. The van der Waals surface area contributed by atoms with Crippen molar-refractivity contribution in [2.24, 2.45) is 5.16 Å². The number of oxime groups is 1. The highest BCUT2D eigenvalue weighted by Gasteiger charge is 2.05. The molecular formula is C14H12ClNO. The summed E-state index contributed by atoms with van der Waals surface area (Å²) < 4.78 is 0. The van der Waals surface area contributed by atoms with E-state index in [1.54, 1.807) is 12.1 Å². The molecule has 0 atom stereocenters. The van der Waals surface area contributed by atoms with Crippen molar-refractivity contribution in [3.8, 4) is 0 Å². The first-order valence-electron chi connectivity index (χ1n) is 5.30. The molecule has 86 valence electrons. The Hall–Kier alpha value is -1.80. The van der Waals surface area contributed by atoms with Gasteiger partial charge in [0.2, 0.25) is 0 Å². The Bertz CT molecular complexity index is 506. The predicted octanol–water partition coefficient (Wildman–Crippen LogP) is 3.76. The van der Waals surface area contributed by atoms with E-state index in [4.69, 9.17) is 16.8 Å². The van der Waals surface area contributed by atoms with Crippen molar-refractivity contribution in [2.75, 3.05) is 0 Å². The van der Waals surface area contributed by atoms with Crippen molar-refractivity contribution in [1.82, 2.24) is 0 Å². The van der Waals surface area contributed by atoms with Crippen LogP contribution in [0.2, 0.25) is 5.02 Å². The summed E-state index contributed by atoms with van der Waals surface area (Å²) in [5, 5.41) is 13.1. The third kappa shape index (κ3) is 3.08. The average Bonchev–Trinajstić information content (AvgIpc) is 2.38. The fraction of sp³-hybridized carbons (Fsp3) is 0.0714. The Morgan fingerprint density at radius 3 is 2.24 bits per heavy atom. The van der Waals surface area contributed by atoms with Crippen molar-refractivity contribution < 1.29 is 5.21 Å². The number of rotatable bonds is 3. The van der Waals surface area contributed by atoms with E-state index in [1.165, 1.54) is 0 Å². The fourth-order valence-corrected chi connectivity index (χ4v) is 1.75. The Morgan fingerprint density at radius 1 is 1.00 bits per heavy atom. The Kier molecular flexibility index (Phi) is 3.78. The maximum Gasteiger partial charge on any atom is 0.0911 e. The van der Waals surface area contributed by atoms with E-state index in [-0.39, 0.29) is 0 Å². The summed E-state index contributed by atoms with van der Waals surface area (Å²) in [6.07, 6.45) is 0.596. The molecule has 0 aromatic heterocycles. The van der Waals surface area contributed by atoms with Crippen molar-refractivity contribution in [2.45, 2.75) is 6.42 Å². The lowest BCUT2D eigenvalue weighted by Crippen LogP contribution is -2.05. The van der Waals surface area contributed by atoms with Crippen molar-refractivity contribution in [1.29, 1.82) is 0 Å². The molecule has 17 heavy (non-hydrogen) atoms. The van der Waals surface area contributed by atoms with Gasteiger partial charge in [0, 0.05) is 11.4 Å². The van der Waals surface area contributed by atoms with Gasteiger partial charge in [-0.1, -0.05) is 59.2 Å². The van der Waals surface area contributed by atoms with Gasteiger partial charge in [-0.15, -0.1) is 0 Å². The third-order valence-electron chi connectivity index (χ3n) is 2.51. The molecule has 0 heterocycles. The van der Waals surface area contributed by atoms with Gasteiger partial charge in [-0.2, -0.15) is 0 Å². The molecule has 0 spiro atoms. The van der Waals surface area contributed by atoms with Crippen molar-refractivity contribution >= 4 is 17.3 Å². The predicted molar refractivity (Wildman–Crippen MR) is 69.9 cm³/mol. The molecule has 3 heteroatoms. The van der Waals surface area contributed by atoms with Crippen molar-refractivity contribution in [3.05, 3.63) is 70.7 Å². The molecule has 0 saturated carbocycles. The SMILES string of the molecule is ON=C(Cc1ccccc1)c1ccc(Cl)cc1. The standard InChI is InChI=1S/C14H12ClNO/c15-13-8-6-12(7-9-13)14(16-17)10-11-4-2-1-3-5-11/h1-9,17H,10H2. The molecule has 0 amide bonds. The Labute approximate surface area is 105 Å². The largest absolute Gasteiger partial charge is 0.411 e. The van der Waals surface area contributed by atoms with Crippen molar-refractivity contribution in [3.63, 3.8) is 0 Å².